The van der Waals surface area contributed by atoms with Crippen molar-refractivity contribution in [2.75, 3.05) is 13.7 Å². The molecule has 19 heavy (non-hydrogen) atoms. The predicted octanol–water partition coefficient (Wildman–Crippen LogP) is 1.94. The SMILES string of the molecule is COC(=O)c1ccn2cc(C3CCCCN3)nc2c1. The second kappa shape index (κ2) is 5.01. The van der Waals surface area contributed by atoms with Gasteiger partial charge in [0.2, 0.25) is 0 Å². The van der Waals surface area contributed by atoms with Crippen LogP contribution in [-0.4, -0.2) is 29.0 Å². The molecule has 0 aliphatic carbocycles. The Balaban J connectivity index is 1.93. The summed E-state index contributed by atoms with van der Waals surface area (Å²) in [5, 5.41) is 3.48. The lowest BCUT2D eigenvalue weighted by Gasteiger charge is -2.21. The van der Waals surface area contributed by atoms with Crippen LogP contribution in [-0.2, 0) is 4.74 Å². The molecule has 1 aliphatic rings. The summed E-state index contributed by atoms with van der Waals surface area (Å²) in [7, 11) is 1.38. The molecule has 1 aliphatic heterocycles. The largest absolute Gasteiger partial charge is 0.465 e. The zero-order chi connectivity index (χ0) is 13.2. The van der Waals surface area contributed by atoms with Crippen LogP contribution in [0.3, 0.4) is 0 Å². The lowest BCUT2D eigenvalue weighted by atomic mass is 10.0. The van der Waals surface area contributed by atoms with Crippen molar-refractivity contribution in [2.24, 2.45) is 0 Å². The molecule has 2 aromatic rings. The second-order valence-electron chi connectivity index (χ2n) is 4.84. The van der Waals surface area contributed by atoms with Gasteiger partial charge in [-0.05, 0) is 31.5 Å². The number of pyridine rings is 1. The van der Waals surface area contributed by atoms with Gasteiger partial charge in [-0.1, -0.05) is 6.42 Å². The van der Waals surface area contributed by atoms with Gasteiger partial charge in [0.15, 0.2) is 0 Å². The first-order chi connectivity index (χ1) is 9.28. The fraction of sp³-hybridized carbons (Fsp3) is 0.429. The lowest BCUT2D eigenvalue weighted by Crippen LogP contribution is -2.26. The number of fused-ring (bicyclic) bond motifs is 1. The number of aromatic nitrogens is 2. The number of ether oxygens (including phenoxy) is 1. The van der Waals surface area contributed by atoms with Crippen molar-refractivity contribution < 1.29 is 9.53 Å². The maximum absolute atomic E-state index is 11.5. The standard InChI is InChI=1S/C14H17N3O2/c1-19-14(18)10-5-7-17-9-12(16-13(17)8-10)11-4-2-3-6-15-11/h5,7-9,11,15H,2-4,6H2,1H3. The highest BCUT2D eigenvalue weighted by Crippen LogP contribution is 2.22. The average Bonchev–Trinajstić information content (AvgIpc) is 2.90. The highest BCUT2D eigenvalue weighted by atomic mass is 16.5. The molecule has 1 atom stereocenters. The smallest absolute Gasteiger partial charge is 0.338 e. The van der Waals surface area contributed by atoms with Gasteiger partial charge in [0, 0.05) is 12.4 Å². The number of nitrogens with zero attached hydrogens (tertiary/aromatic N) is 2. The van der Waals surface area contributed by atoms with E-state index in [0.29, 0.717) is 11.6 Å². The fourth-order valence-corrected chi connectivity index (χ4v) is 2.52. The van der Waals surface area contributed by atoms with Crippen molar-refractivity contribution in [3.63, 3.8) is 0 Å². The van der Waals surface area contributed by atoms with Gasteiger partial charge >= 0.3 is 5.97 Å². The molecule has 5 nitrogen and oxygen atoms in total. The monoisotopic (exact) mass is 259 g/mol. The van der Waals surface area contributed by atoms with E-state index in [1.54, 1.807) is 12.1 Å². The van der Waals surface area contributed by atoms with Crippen molar-refractivity contribution in [2.45, 2.75) is 25.3 Å². The van der Waals surface area contributed by atoms with E-state index in [1.165, 1.54) is 20.0 Å². The molecule has 2 aromatic heterocycles. The zero-order valence-corrected chi connectivity index (χ0v) is 10.9. The normalized spacial score (nSPS) is 19.5. The molecule has 100 valence electrons. The molecule has 0 bridgehead atoms. The topological polar surface area (TPSA) is 55.6 Å². The number of imidazole rings is 1. The Morgan fingerprint density at radius 2 is 2.42 bits per heavy atom. The molecular weight excluding hydrogens is 242 g/mol. The number of esters is 1. The van der Waals surface area contributed by atoms with E-state index in [-0.39, 0.29) is 5.97 Å². The summed E-state index contributed by atoms with van der Waals surface area (Å²) in [6.45, 7) is 1.05. The Kier molecular flexibility index (Phi) is 3.21. The number of carbonyl (C=O) groups is 1. The van der Waals surface area contributed by atoms with Crippen LogP contribution in [0.5, 0.6) is 0 Å². The van der Waals surface area contributed by atoms with E-state index in [0.717, 1.165) is 24.3 Å². The van der Waals surface area contributed by atoms with Crippen LogP contribution >= 0.6 is 0 Å². The maximum atomic E-state index is 11.5. The van der Waals surface area contributed by atoms with E-state index >= 15 is 0 Å². The third-order valence-corrected chi connectivity index (χ3v) is 3.57. The van der Waals surface area contributed by atoms with Gasteiger partial charge in [0.1, 0.15) is 5.65 Å². The highest BCUT2D eigenvalue weighted by Gasteiger charge is 2.18. The molecule has 1 fully saturated rings. The van der Waals surface area contributed by atoms with Crippen molar-refractivity contribution in [3.8, 4) is 0 Å². The minimum Gasteiger partial charge on any atom is -0.465 e. The van der Waals surface area contributed by atoms with Crippen LogP contribution in [0.1, 0.15) is 41.4 Å². The van der Waals surface area contributed by atoms with E-state index < -0.39 is 0 Å². The second-order valence-corrected chi connectivity index (χ2v) is 4.84. The van der Waals surface area contributed by atoms with Crippen LogP contribution in [0.4, 0.5) is 0 Å². The number of hydrogen-bond donors (Lipinski definition) is 1. The zero-order valence-electron chi connectivity index (χ0n) is 10.9. The molecule has 3 heterocycles. The van der Waals surface area contributed by atoms with Crippen LogP contribution in [0.25, 0.3) is 5.65 Å². The molecule has 0 saturated carbocycles. The Bertz CT molecular complexity index is 600. The van der Waals surface area contributed by atoms with Gasteiger partial charge in [-0.2, -0.15) is 0 Å². The molecule has 0 aromatic carbocycles. The van der Waals surface area contributed by atoms with Crippen LogP contribution in [0.15, 0.2) is 24.5 Å². The molecule has 3 rings (SSSR count). The third kappa shape index (κ3) is 2.33. The number of nitrogens with one attached hydrogen (secondary N) is 1. The van der Waals surface area contributed by atoms with Crippen molar-refractivity contribution in [1.82, 2.24) is 14.7 Å². The predicted molar refractivity (Wildman–Crippen MR) is 71.1 cm³/mol. The molecule has 0 spiro atoms. The number of hydrogen-bond acceptors (Lipinski definition) is 4. The van der Waals surface area contributed by atoms with Gasteiger partial charge < -0.3 is 14.5 Å². The molecule has 5 heteroatoms. The first-order valence-electron chi connectivity index (χ1n) is 6.58. The van der Waals surface area contributed by atoms with Gasteiger partial charge in [0.25, 0.3) is 0 Å². The third-order valence-electron chi connectivity index (χ3n) is 3.57. The number of piperidine rings is 1. The first-order valence-corrected chi connectivity index (χ1v) is 6.58. The van der Waals surface area contributed by atoms with E-state index in [2.05, 4.69) is 10.3 Å². The summed E-state index contributed by atoms with van der Waals surface area (Å²) in [5.41, 5.74) is 2.36. The molecule has 0 amide bonds. The minimum absolute atomic E-state index is 0.329. The van der Waals surface area contributed by atoms with Crippen LogP contribution < -0.4 is 5.32 Å². The number of methoxy groups -OCH3 is 1. The van der Waals surface area contributed by atoms with Crippen LogP contribution in [0.2, 0.25) is 0 Å². The summed E-state index contributed by atoms with van der Waals surface area (Å²) < 4.78 is 6.66. The average molecular weight is 259 g/mol. The van der Waals surface area contributed by atoms with Gasteiger partial charge in [-0.25, -0.2) is 9.78 Å². The Hall–Kier alpha value is -1.88. The Morgan fingerprint density at radius 3 is 3.16 bits per heavy atom. The molecule has 1 N–H and O–H groups in total. The van der Waals surface area contributed by atoms with Gasteiger partial charge in [0.05, 0.1) is 24.4 Å². The summed E-state index contributed by atoms with van der Waals surface area (Å²) in [5.74, 6) is -0.331. The lowest BCUT2D eigenvalue weighted by molar-refractivity contribution is 0.0600. The summed E-state index contributed by atoms with van der Waals surface area (Å²) in [4.78, 5) is 16.1. The molecule has 1 saturated heterocycles. The quantitative estimate of drug-likeness (QED) is 0.837. The fourth-order valence-electron chi connectivity index (χ4n) is 2.52. The maximum Gasteiger partial charge on any atom is 0.338 e. The minimum atomic E-state index is -0.331. The highest BCUT2D eigenvalue weighted by molar-refractivity contribution is 5.90. The first kappa shape index (κ1) is 12.2. The van der Waals surface area contributed by atoms with E-state index in [9.17, 15) is 4.79 Å². The summed E-state index contributed by atoms with van der Waals surface area (Å²) >= 11 is 0. The van der Waals surface area contributed by atoms with Gasteiger partial charge in [-0.15, -0.1) is 0 Å². The molecular formula is C14H17N3O2. The van der Waals surface area contributed by atoms with E-state index in [4.69, 9.17) is 4.74 Å². The molecule has 1 unspecified atom stereocenters. The molecule has 0 radical (unpaired) electrons. The van der Waals surface area contributed by atoms with Gasteiger partial charge in [-0.3, -0.25) is 0 Å². The number of rotatable bonds is 2. The summed E-state index contributed by atoms with van der Waals surface area (Å²) in [6, 6.07) is 3.84. The Labute approximate surface area is 111 Å². The Morgan fingerprint density at radius 1 is 1.53 bits per heavy atom. The van der Waals surface area contributed by atoms with Crippen LogP contribution in [0, 0.1) is 0 Å². The van der Waals surface area contributed by atoms with Crippen molar-refractivity contribution >= 4 is 11.6 Å². The number of carbonyl (C=O) groups excluding carboxylic acids is 1. The van der Waals surface area contributed by atoms with Crippen molar-refractivity contribution in [1.29, 1.82) is 0 Å². The summed E-state index contributed by atoms with van der Waals surface area (Å²) in [6.07, 6.45) is 7.46. The van der Waals surface area contributed by atoms with Crippen molar-refractivity contribution in [3.05, 3.63) is 35.8 Å². The van der Waals surface area contributed by atoms with E-state index in [1.807, 2.05) is 16.8 Å².